The van der Waals surface area contributed by atoms with Crippen LogP contribution in [0.25, 0.3) is 0 Å². The molecule has 3 heterocycles. The number of ether oxygens (including phenoxy) is 4. The zero-order valence-corrected chi connectivity index (χ0v) is 35.9. The molecule has 0 radical (unpaired) electrons. The molecule has 17 nitrogen and oxygen atoms in total. The van der Waals surface area contributed by atoms with Crippen LogP contribution in [0.4, 0.5) is 16.6 Å². The van der Waals surface area contributed by atoms with Crippen LogP contribution in [0.1, 0.15) is 79.9 Å². The van der Waals surface area contributed by atoms with E-state index in [1.165, 1.54) is 11.3 Å². The van der Waals surface area contributed by atoms with Gasteiger partial charge < -0.3 is 45.1 Å². The second-order valence-corrected chi connectivity index (χ2v) is 16.0. The Balaban J connectivity index is 0.829. The molecule has 1 unspecified atom stereocenters. The number of hydrogen-bond acceptors (Lipinski definition) is 14. The number of thiazole rings is 1. The highest BCUT2D eigenvalue weighted by Crippen LogP contribution is 2.39. The summed E-state index contributed by atoms with van der Waals surface area (Å²) in [5.41, 5.74) is 2.27. The second kappa shape index (κ2) is 25.8. The van der Waals surface area contributed by atoms with Gasteiger partial charge in [-0.2, -0.15) is 0 Å². The summed E-state index contributed by atoms with van der Waals surface area (Å²) in [5.74, 6) is 0.0295. The second-order valence-electron chi connectivity index (χ2n) is 15.1. The predicted molar refractivity (Wildman–Crippen MR) is 230 cm³/mol. The number of nitrogens with zero attached hydrogens (tertiary/aromatic N) is 3. The van der Waals surface area contributed by atoms with Crippen LogP contribution in [0.3, 0.4) is 0 Å². The third-order valence-electron chi connectivity index (χ3n) is 10.7. The van der Waals surface area contributed by atoms with Gasteiger partial charge in [0.05, 0.1) is 64.7 Å². The summed E-state index contributed by atoms with van der Waals surface area (Å²) in [7, 11) is 0. The van der Waals surface area contributed by atoms with Crippen LogP contribution in [0.15, 0.2) is 48.0 Å². The molecule has 5 rings (SSSR count). The van der Waals surface area contributed by atoms with E-state index >= 15 is 0 Å². The molecule has 0 saturated heterocycles. The molecule has 332 valence electrons. The predicted octanol–water partition coefficient (Wildman–Crippen LogP) is 3.97. The first kappa shape index (κ1) is 47.2. The number of aromatic nitrogens is 2. The maximum absolute atomic E-state index is 13.5. The average molecular weight is 865 g/mol. The molecule has 1 fully saturated rings. The summed E-state index contributed by atoms with van der Waals surface area (Å²) < 4.78 is 22.5. The van der Waals surface area contributed by atoms with Gasteiger partial charge in [-0.25, -0.2) is 9.97 Å². The summed E-state index contributed by atoms with van der Waals surface area (Å²) in [5, 5.41) is 17.4. The van der Waals surface area contributed by atoms with E-state index in [1.807, 2.05) is 30.5 Å². The Morgan fingerprint density at radius 1 is 0.869 bits per heavy atom. The lowest BCUT2D eigenvalue weighted by molar-refractivity contribution is -0.133. The molecule has 1 aliphatic heterocycles. The zero-order chi connectivity index (χ0) is 43.1. The van der Waals surface area contributed by atoms with E-state index in [-0.39, 0.29) is 43.2 Å². The van der Waals surface area contributed by atoms with E-state index in [1.54, 1.807) is 29.3 Å². The SMILES string of the molecule is CC(CCC(=O)NC=O)N1Cc2c(NC(=O)CCOCCOCCOCCNCCOCCNC(=O)C3(Cc4cccc(Nc5nccs5)n4)CCCCC3)cccc2C1=O. The van der Waals surface area contributed by atoms with Crippen molar-refractivity contribution >= 4 is 58.0 Å². The number of rotatable bonds is 29. The topological polar surface area (TPSA) is 211 Å². The first-order chi connectivity index (χ1) is 29.8. The molecule has 2 aliphatic rings. The fourth-order valence-electron chi connectivity index (χ4n) is 7.42. The van der Waals surface area contributed by atoms with Crippen molar-refractivity contribution in [2.45, 2.75) is 77.3 Å². The van der Waals surface area contributed by atoms with Crippen molar-refractivity contribution in [3.8, 4) is 0 Å². The number of nitrogens with one attached hydrogen (secondary N) is 5. The Labute approximate surface area is 361 Å². The van der Waals surface area contributed by atoms with Crippen molar-refractivity contribution in [1.29, 1.82) is 0 Å². The van der Waals surface area contributed by atoms with Gasteiger partial charge in [0.2, 0.25) is 24.1 Å². The normalized spacial score (nSPS) is 14.9. The molecule has 0 bridgehead atoms. The summed E-state index contributed by atoms with van der Waals surface area (Å²) in [6, 6.07) is 10.9. The van der Waals surface area contributed by atoms with Crippen molar-refractivity contribution in [2.75, 3.05) is 83.1 Å². The van der Waals surface area contributed by atoms with Crippen LogP contribution >= 0.6 is 11.3 Å². The number of imide groups is 1. The van der Waals surface area contributed by atoms with Crippen molar-refractivity contribution in [3.05, 3.63) is 64.8 Å². The summed E-state index contributed by atoms with van der Waals surface area (Å²) in [6.45, 7) is 7.27. The lowest BCUT2D eigenvalue weighted by Gasteiger charge is -2.35. The fraction of sp³-hybridized carbons (Fsp3) is 0.558. The van der Waals surface area contributed by atoms with Crippen LogP contribution in [-0.2, 0) is 51.1 Å². The molecule has 3 aromatic rings. The summed E-state index contributed by atoms with van der Waals surface area (Å²) in [4.78, 5) is 72.0. The number of amides is 5. The Morgan fingerprint density at radius 2 is 1.57 bits per heavy atom. The van der Waals surface area contributed by atoms with Gasteiger partial charge in [-0.15, -0.1) is 11.3 Å². The fourth-order valence-corrected chi connectivity index (χ4v) is 7.96. The van der Waals surface area contributed by atoms with Crippen molar-refractivity contribution < 1.29 is 42.9 Å². The maximum atomic E-state index is 13.5. The van der Waals surface area contributed by atoms with E-state index in [0.29, 0.717) is 103 Å². The molecule has 2 aromatic heterocycles. The Morgan fingerprint density at radius 3 is 2.31 bits per heavy atom. The molecule has 1 atom stereocenters. The largest absolute Gasteiger partial charge is 0.379 e. The molecule has 1 aromatic carbocycles. The van der Waals surface area contributed by atoms with Gasteiger partial charge in [-0.05, 0) is 50.5 Å². The van der Waals surface area contributed by atoms with Crippen LogP contribution in [0.5, 0.6) is 0 Å². The lowest BCUT2D eigenvalue weighted by atomic mass is 9.70. The monoisotopic (exact) mass is 864 g/mol. The van der Waals surface area contributed by atoms with Crippen LogP contribution < -0.4 is 26.6 Å². The van der Waals surface area contributed by atoms with Gasteiger partial charge in [0.1, 0.15) is 5.82 Å². The number of hydrogen-bond donors (Lipinski definition) is 5. The Bertz CT molecular complexity index is 1840. The number of anilines is 3. The number of benzene rings is 1. The molecular weight excluding hydrogens is 805 g/mol. The molecule has 0 spiro atoms. The average Bonchev–Trinajstić information content (AvgIpc) is 3.90. The molecule has 18 heteroatoms. The van der Waals surface area contributed by atoms with Gasteiger partial charge in [0.25, 0.3) is 5.91 Å². The van der Waals surface area contributed by atoms with Crippen molar-refractivity contribution in [2.24, 2.45) is 5.41 Å². The van der Waals surface area contributed by atoms with Gasteiger partial charge >= 0.3 is 0 Å². The molecule has 1 saturated carbocycles. The van der Waals surface area contributed by atoms with E-state index in [4.69, 9.17) is 23.9 Å². The minimum Gasteiger partial charge on any atom is -0.379 e. The van der Waals surface area contributed by atoms with E-state index < -0.39 is 11.3 Å². The van der Waals surface area contributed by atoms with Crippen LogP contribution in [0, 0.1) is 5.41 Å². The van der Waals surface area contributed by atoms with Gasteiger partial charge in [-0.3, -0.25) is 29.3 Å². The number of carbonyl (C=O) groups excluding carboxylic acids is 5. The van der Waals surface area contributed by atoms with Gasteiger partial charge in [0, 0.05) is 79.1 Å². The number of fused-ring (bicyclic) bond motifs is 1. The minimum absolute atomic E-state index is 0.0795. The highest BCUT2D eigenvalue weighted by molar-refractivity contribution is 7.13. The third-order valence-corrected chi connectivity index (χ3v) is 11.4. The standard InChI is InChI=1S/C43H60N8O9S/c1-32(11-12-38(53)47-31-52)51-30-35-34(40(51)55)8-6-9-36(35)49-39(54)13-20-57-24-26-60-27-25-59-22-17-44-16-21-58-23-18-45-41(56)43(14-3-2-4-15-43)29-33-7-5-10-37(48-33)50-42-46-19-28-61-42/h5-10,19,28,31-32,44H,2-4,11-18,20-27,29-30H2,1H3,(H,45,56)(H,49,54)(H,46,48,50)(H,47,52,53). The molecule has 5 amide bonds. The van der Waals surface area contributed by atoms with Gasteiger partial charge in [0.15, 0.2) is 5.13 Å². The van der Waals surface area contributed by atoms with Gasteiger partial charge in [-0.1, -0.05) is 31.4 Å². The van der Waals surface area contributed by atoms with Crippen LogP contribution in [-0.4, -0.2) is 123 Å². The molecule has 61 heavy (non-hydrogen) atoms. The quantitative estimate of drug-likeness (QED) is 0.0495. The molecule has 1 aliphatic carbocycles. The summed E-state index contributed by atoms with van der Waals surface area (Å²) >= 11 is 1.52. The Hall–Kier alpha value is -4.85. The highest BCUT2D eigenvalue weighted by Gasteiger charge is 2.40. The molecular formula is C43H60N8O9S. The first-order valence-corrected chi connectivity index (χ1v) is 22.0. The van der Waals surface area contributed by atoms with Crippen molar-refractivity contribution in [3.63, 3.8) is 0 Å². The van der Waals surface area contributed by atoms with Crippen LogP contribution in [0.2, 0.25) is 0 Å². The highest BCUT2D eigenvalue weighted by atomic mass is 32.1. The lowest BCUT2D eigenvalue weighted by Crippen LogP contribution is -2.45. The number of pyridine rings is 1. The zero-order valence-electron chi connectivity index (χ0n) is 35.0. The third kappa shape index (κ3) is 15.5. The Kier molecular flexibility index (Phi) is 20.0. The van der Waals surface area contributed by atoms with E-state index in [9.17, 15) is 24.0 Å². The van der Waals surface area contributed by atoms with Crippen molar-refractivity contribution in [1.82, 2.24) is 30.8 Å². The van der Waals surface area contributed by atoms with E-state index in [0.717, 1.165) is 54.3 Å². The number of carbonyl (C=O) groups is 5. The molecule has 5 N–H and O–H groups in total. The first-order valence-electron chi connectivity index (χ1n) is 21.2. The smallest absolute Gasteiger partial charge is 0.254 e. The minimum atomic E-state index is -0.461. The van der Waals surface area contributed by atoms with E-state index in [2.05, 4.69) is 31.6 Å². The summed E-state index contributed by atoms with van der Waals surface area (Å²) in [6.07, 6.45) is 8.29. The maximum Gasteiger partial charge on any atom is 0.254 e.